The first-order valence-electron chi connectivity index (χ1n) is 8.45. The summed E-state index contributed by atoms with van der Waals surface area (Å²) in [4.78, 5) is 2.68. The Morgan fingerprint density at radius 1 is 1.33 bits per heavy atom. The van der Waals surface area contributed by atoms with Crippen molar-refractivity contribution in [3.63, 3.8) is 0 Å². The maximum atomic E-state index is 5.94. The normalized spacial score (nSPS) is 32.2. The molecule has 0 amide bonds. The predicted molar refractivity (Wildman–Crippen MR) is 86.4 cm³/mol. The first-order valence-corrected chi connectivity index (χ1v) is 8.45. The number of piperazine rings is 1. The van der Waals surface area contributed by atoms with Gasteiger partial charge in [0.15, 0.2) is 0 Å². The molecule has 2 fully saturated rings. The fourth-order valence-corrected chi connectivity index (χ4v) is 3.80. The van der Waals surface area contributed by atoms with Crippen molar-refractivity contribution >= 4 is 0 Å². The Labute approximate surface area is 128 Å². The number of nitrogens with zero attached hydrogens (tertiary/aromatic N) is 1. The van der Waals surface area contributed by atoms with Gasteiger partial charge >= 0.3 is 0 Å². The number of benzene rings is 1. The van der Waals surface area contributed by atoms with E-state index in [1.54, 1.807) is 0 Å². The van der Waals surface area contributed by atoms with Crippen molar-refractivity contribution < 1.29 is 4.74 Å². The maximum absolute atomic E-state index is 5.94. The summed E-state index contributed by atoms with van der Waals surface area (Å²) in [6.45, 7) is 7.76. The molecule has 1 aromatic rings. The molecule has 4 atom stereocenters. The van der Waals surface area contributed by atoms with Crippen molar-refractivity contribution in [3.05, 3.63) is 35.9 Å². The molecule has 0 radical (unpaired) electrons. The zero-order chi connectivity index (χ0) is 14.7. The summed E-state index contributed by atoms with van der Waals surface area (Å²) >= 11 is 0. The highest BCUT2D eigenvalue weighted by Gasteiger charge is 2.35. The van der Waals surface area contributed by atoms with Crippen LogP contribution in [0.15, 0.2) is 30.3 Å². The van der Waals surface area contributed by atoms with E-state index in [1.165, 1.54) is 24.8 Å². The first kappa shape index (κ1) is 15.0. The number of nitrogens with one attached hydrogen (secondary N) is 1. The average molecular weight is 288 g/mol. The van der Waals surface area contributed by atoms with Gasteiger partial charge in [0.05, 0.1) is 6.10 Å². The smallest absolute Gasteiger partial charge is 0.0728 e. The minimum Gasteiger partial charge on any atom is -0.377 e. The molecule has 3 heteroatoms. The predicted octanol–water partition coefficient (Wildman–Crippen LogP) is 2.98. The molecule has 1 aromatic carbocycles. The second-order valence-corrected chi connectivity index (χ2v) is 6.42. The molecule has 0 spiro atoms. The van der Waals surface area contributed by atoms with Crippen LogP contribution in [0.2, 0.25) is 0 Å². The molecular formula is C18H28N2O. The summed E-state index contributed by atoms with van der Waals surface area (Å²) in [6, 6.07) is 12.4. The van der Waals surface area contributed by atoms with E-state index in [0.717, 1.165) is 19.7 Å². The van der Waals surface area contributed by atoms with Crippen molar-refractivity contribution in [2.45, 2.75) is 57.3 Å². The summed E-state index contributed by atoms with van der Waals surface area (Å²) in [5.74, 6) is 0. The van der Waals surface area contributed by atoms with Gasteiger partial charge in [-0.05, 0) is 31.7 Å². The Morgan fingerprint density at radius 2 is 2.14 bits per heavy atom. The molecule has 2 aliphatic rings. The van der Waals surface area contributed by atoms with E-state index in [2.05, 4.69) is 54.4 Å². The number of ether oxygens (including phenoxy) is 1. The van der Waals surface area contributed by atoms with Crippen molar-refractivity contribution in [2.24, 2.45) is 0 Å². The molecular weight excluding hydrogens is 260 g/mol. The fourth-order valence-electron chi connectivity index (χ4n) is 3.80. The van der Waals surface area contributed by atoms with E-state index in [1.807, 2.05) is 0 Å². The van der Waals surface area contributed by atoms with Crippen LogP contribution in [0.3, 0.4) is 0 Å². The Kier molecular flexibility index (Phi) is 4.94. The quantitative estimate of drug-likeness (QED) is 0.922. The van der Waals surface area contributed by atoms with Gasteiger partial charge in [0.1, 0.15) is 0 Å². The highest BCUT2D eigenvalue weighted by Crippen LogP contribution is 2.27. The lowest BCUT2D eigenvalue weighted by atomic mass is 9.97. The zero-order valence-corrected chi connectivity index (χ0v) is 13.3. The molecule has 0 bridgehead atoms. The molecule has 0 aromatic heterocycles. The highest BCUT2D eigenvalue weighted by molar-refractivity contribution is 5.20. The van der Waals surface area contributed by atoms with Crippen molar-refractivity contribution in [3.8, 4) is 0 Å². The van der Waals surface area contributed by atoms with Crippen LogP contribution in [0.1, 0.15) is 44.7 Å². The van der Waals surface area contributed by atoms with Crippen molar-refractivity contribution in [2.75, 3.05) is 19.7 Å². The van der Waals surface area contributed by atoms with Crippen LogP contribution >= 0.6 is 0 Å². The molecule has 0 aliphatic carbocycles. The third-order valence-corrected chi connectivity index (χ3v) is 5.16. The van der Waals surface area contributed by atoms with Gasteiger partial charge in [0.25, 0.3) is 0 Å². The molecule has 2 saturated heterocycles. The third kappa shape index (κ3) is 3.31. The molecule has 21 heavy (non-hydrogen) atoms. The van der Waals surface area contributed by atoms with Gasteiger partial charge in [-0.15, -0.1) is 0 Å². The van der Waals surface area contributed by atoms with Gasteiger partial charge in [0, 0.05) is 37.8 Å². The number of hydrogen-bond donors (Lipinski definition) is 1. The zero-order valence-electron chi connectivity index (χ0n) is 13.3. The Morgan fingerprint density at radius 3 is 2.81 bits per heavy atom. The number of rotatable bonds is 4. The molecule has 3 rings (SSSR count). The van der Waals surface area contributed by atoms with Crippen LogP contribution in [0.25, 0.3) is 0 Å². The van der Waals surface area contributed by atoms with Crippen LogP contribution in [-0.2, 0) is 4.74 Å². The molecule has 4 unspecified atom stereocenters. The third-order valence-electron chi connectivity index (χ3n) is 5.16. The minimum absolute atomic E-state index is 0.425. The Hall–Kier alpha value is -0.900. The summed E-state index contributed by atoms with van der Waals surface area (Å²) < 4.78 is 5.94. The van der Waals surface area contributed by atoms with E-state index in [-0.39, 0.29) is 0 Å². The first-order chi connectivity index (χ1) is 10.3. The van der Waals surface area contributed by atoms with Crippen LogP contribution in [0.4, 0.5) is 0 Å². The lowest BCUT2D eigenvalue weighted by molar-refractivity contribution is -0.00550. The SMILES string of the molecule is CCC1CNC(c2ccccc2)CN1C(C)C1CCCO1. The van der Waals surface area contributed by atoms with Crippen LogP contribution in [0.5, 0.6) is 0 Å². The van der Waals surface area contributed by atoms with Gasteiger partial charge < -0.3 is 10.1 Å². The summed E-state index contributed by atoms with van der Waals surface area (Å²) in [5, 5.41) is 3.73. The second kappa shape index (κ2) is 6.91. The lowest BCUT2D eigenvalue weighted by Gasteiger charge is -2.45. The number of hydrogen-bond acceptors (Lipinski definition) is 3. The van der Waals surface area contributed by atoms with E-state index in [0.29, 0.717) is 24.2 Å². The maximum Gasteiger partial charge on any atom is 0.0728 e. The molecule has 2 aliphatic heterocycles. The van der Waals surface area contributed by atoms with Crippen LogP contribution in [-0.4, -0.2) is 42.8 Å². The Balaban J connectivity index is 1.72. The van der Waals surface area contributed by atoms with Gasteiger partial charge in [0.2, 0.25) is 0 Å². The second-order valence-electron chi connectivity index (χ2n) is 6.42. The summed E-state index contributed by atoms with van der Waals surface area (Å²) in [7, 11) is 0. The van der Waals surface area contributed by atoms with E-state index in [9.17, 15) is 0 Å². The molecule has 1 N–H and O–H groups in total. The topological polar surface area (TPSA) is 24.5 Å². The van der Waals surface area contributed by atoms with Gasteiger partial charge in [-0.25, -0.2) is 0 Å². The monoisotopic (exact) mass is 288 g/mol. The van der Waals surface area contributed by atoms with E-state index < -0.39 is 0 Å². The molecule has 3 nitrogen and oxygen atoms in total. The molecule has 116 valence electrons. The minimum atomic E-state index is 0.425. The van der Waals surface area contributed by atoms with E-state index in [4.69, 9.17) is 4.74 Å². The van der Waals surface area contributed by atoms with Crippen LogP contribution < -0.4 is 5.32 Å². The average Bonchev–Trinajstić information content (AvgIpc) is 3.09. The molecule has 0 saturated carbocycles. The molecule has 2 heterocycles. The largest absolute Gasteiger partial charge is 0.377 e. The standard InChI is InChI=1S/C18H28N2O/c1-3-16-12-19-17(15-8-5-4-6-9-15)13-20(16)14(2)18-10-7-11-21-18/h4-6,8-9,14,16-19H,3,7,10-13H2,1-2H3. The van der Waals surface area contributed by atoms with Gasteiger partial charge in [-0.1, -0.05) is 37.3 Å². The summed E-state index contributed by atoms with van der Waals surface area (Å²) in [5.41, 5.74) is 1.40. The highest BCUT2D eigenvalue weighted by atomic mass is 16.5. The van der Waals surface area contributed by atoms with Gasteiger partial charge in [-0.2, -0.15) is 0 Å². The van der Waals surface area contributed by atoms with Crippen LogP contribution in [0, 0.1) is 0 Å². The lowest BCUT2D eigenvalue weighted by Crippen LogP contribution is -2.57. The van der Waals surface area contributed by atoms with Gasteiger partial charge in [-0.3, -0.25) is 4.90 Å². The fraction of sp³-hybridized carbons (Fsp3) is 0.667. The Bertz CT molecular complexity index is 430. The van der Waals surface area contributed by atoms with Crippen molar-refractivity contribution in [1.29, 1.82) is 0 Å². The summed E-state index contributed by atoms with van der Waals surface area (Å²) in [6.07, 6.45) is 4.07. The van der Waals surface area contributed by atoms with Crippen molar-refractivity contribution in [1.82, 2.24) is 10.2 Å². The van der Waals surface area contributed by atoms with E-state index >= 15 is 0 Å².